The predicted molar refractivity (Wildman–Crippen MR) is 70.8 cm³/mol. The molecule has 1 fully saturated rings. The number of aryl methyl sites for hydroxylation is 1. The van der Waals surface area contributed by atoms with Crippen LogP contribution in [0.5, 0.6) is 0 Å². The molecule has 1 aromatic rings. The van der Waals surface area contributed by atoms with Gasteiger partial charge in [-0.3, -0.25) is 0 Å². The van der Waals surface area contributed by atoms with Gasteiger partial charge in [0.15, 0.2) is 5.69 Å². The molecule has 0 aliphatic heterocycles. The van der Waals surface area contributed by atoms with E-state index in [1.54, 1.807) is 17.8 Å². The molecule has 1 aliphatic rings. The van der Waals surface area contributed by atoms with Crippen LogP contribution < -0.4 is 5.73 Å². The second-order valence-corrected chi connectivity index (χ2v) is 4.76. The van der Waals surface area contributed by atoms with E-state index in [1.165, 1.54) is 12.8 Å². The quantitative estimate of drug-likeness (QED) is 0.570. The summed E-state index contributed by atoms with van der Waals surface area (Å²) in [5, 5.41) is 0. The van der Waals surface area contributed by atoms with Crippen LogP contribution in [0.1, 0.15) is 36.7 Å². The van der Waals surface area contributed by atoms with Gasteiger partial charge in [0.25, 0.3) is 0 Å². The standard InChI is InChI=1S/C13H21N3O3/c1-2-19-13(17)11-12(14)16(9-15-11)6-3-7-18-8-10-4-5-10/h9-10H,2-8,14H2,1H3. The van der Waals surface area contributed by atoms with E-state index < -0.39 is 5.97 Å². The highest BCUT2D eigenvalue weighted by Gasteiger charge is 2.21. The van der Waals surface area contributed by atoms with Crippen molar-refractivity contribution in [2.45, 2.75) is 32.7 Å². The van der Waals surface area contributed by atoms with Crippen molar-refractivity contribution < 1.29 is 14.3 Å². The number of nitrogens with two attached hydrogens (primary N) is 1. The summed E-state index contributed by atoms with van der Waals surface area (Å²) in [6, 6.07) is 0. The average Bonchev–Trinajstić information content (AvgIpc) is 3.13. The Kier molecular flexibility index (Phi) is 4.79. The van der Waals surface area contributed by atoms with Crippen molar-refractivity contribution in [2.24, 2.45) is 5.92 Å². The van der Waals surface area contributed by atoms with Crippen LogP contribution in [0, 0.1) is 5.92 Å². The molecule has 0 spiro atoms. The maximum Gasteiger partial charge on any atom is 0.360 e. The van der Waals surface area contributed by atoms with E-state index in [9.17, 15) is 4.79 Å². The Morgan fingerprint density at radius 1 is 1.58 bits per heavy atom. The van der Waals surface area contributed by atoms with E-state index >= 15 is 0 Å². The highest BCUT2D eigenvalue weighted by Crippen LogP contribution is 2.28. The van der Waals surface area contributed by atoms with Crippen molar-refractivity contribution in [2.75, 3.05) is 25.6 Å². The summed E-state index contributed by atoms with van der Waals surface area (Å²) in [4.78, 5) is 15.5. The van der Waals surface area contributed by atoms with Gasteiger partial charge < -0.3 is 19.8 Å². The summed E-state index contributed by atoms with van der Waals surface area (Å²) in [7, 11) is 0. The number of carbonyl (C=O) groups is 1. The fourth-order valence-corrected chi connectivity index (χ4v) is 1.80. The summed E-state index contributed by atoms with van der Waals surface area (Å²) >= 11 is 0. The van der Waals surface area contributed by atoms with Gasteiger partial charge in [-0.1, -0.05) is 0 Å². The largest absolute Gasteiger partial charge is 0.461 e. The van der Waals surface area contributed by atoms with E-state index in [-0.39, 0.29) is 5.69 Å². The smallest absolute Gasteiger partial charge is 0.360 e. The fraction of sp³-hybridized carbons (Fsp3) is 0.692. The van der Waals surface area contributed by atoms with Crippen LogP contribution in [0.4, 0.5) is 5.82 Å². The lowest BCUT2D eigenvalue weighted by molar-refractivity contribution is 0.0521. The van der Waals surface area contributed by atoms with Crippen molar-refractivity contribution in [1.82, 2.24) is 9.55 Å². The summed E-state index contributed by atoms with van der Waals surface area (Å²) in [6.45, 7) is 4.35. The van der Waals surface area contributed by atoms with Crippen molar-refractivity contribution in [3.8, 4) is 0 Å². The number of ether oxygens (including phenoxy) is 2. The molecule has 0 radical (unpaired) electrons. The van der Waals surface area contributed by atoms with Gasteiger partial charge in [0.1, 0.15) is 5.82 Å². The summed E-state index contributed by atoms with van der Waals surface area (Å²) in [5.74, 6) is 0.679. The first-order chi connectivity index (χ1) is 9.22. The molecule has 19 heavy (non-hydrogen) atoms. The van der Waals surface area contributed by atoms with Crippen molar-refractivity contribution in [1.29, 1.82) is 0 Å². The normalized spacial score (nSPS) is 14.6. The Morgan fingerprint density at radius 3 is 3.05 bits per heavy atom. The van der Waals surface area contributed by atoms with Gasteiger partial charge in [0.05, 0.1) is 12.9 Å². The molecule has 106 valence electrons. The lowest BCUT2D eigenvalue weighted by Crippen LogP contribution is -2.11. The van der Waals surface area contributed by atoms with Crippen molar-refractivity contribution in [3.63, 3.8) is 0 Å². The third-order valence-corrected chi connectivity index (χ3v) is 3.09. The van der Waals surface area contributed by atoms with E-state index in [0.29, 0.717) is 25.6 Å². The minimum absolute atomic E-state index is 0.195. The van der Waals surface area contributed by atoms with Gasteiger partial charge in [-0.05, 0) is 32.1 Å². The van der Waals surface area contributed by atoms with Crippen LogP contribution in [-0.4, -0.2) is 35.3 Å². The minimum atomic E-state index is -0.469. The van der Waals surface area contributed by atoms with Crippen LogP contribution in [0.3, 0.4) is 0 Å². The molecule has 0 amide bonds. The lowest BCUT2D eigenvalue weighted by atomic mass is 10.4. The molecule has 1 heterocycles. The molecule has 6 heteroatoms. The van der Waals surface area contributed by atoms with Gasteiger partial charge in [0, 0.05) is 19.8 Å². The van der Waals surface area contributed by atoms with Crippen LogP contribution >= 0.6 is 0 Å². The van der Waals surface area contributed by atoms with Crippen LogP contribution in [0.2, 0.25) is 0 Å². The fourth-order valence-electron chi connectivity index (χ4n) is 1.80. The first-order valence-electron chi connectivity index (χ1n) is 6.77. The van der Waals surface area contributed by atoms with Gasteiger partial charge in [-0.25, -0.2) is 9.78 Å². The number of imidazole rings is 1. The minimum Gasteiger partial charge on any atom is -0.461 e. The Balaban J connectivity index is 1.74. The third-order valence-electron chi connectivity index (χ3n) is 3.09. The van der Waals surface area contributed by atoms with E-state index in [0.717, 1.165) is 18.9 Å². The van der Waals surface area contributed by atoms with Gasteiger partial charge >= 0.3 is 5.97 Å². The first-order valence-corrected chi connectivity index (χ1v) is 6.77. The zero-order chi connectivity index (χ0) is 13.7. The second-order valence-electron chi connectivity index (χ2n) is 4.76. The van der Waals surface area contributed by atoms with Crippen molar-refractivity contribution in [3.05, 3.63) is 12.0 Å². The number of esters is 1. The first kappa shape index (κ1) is 13.9. The molecule has 1 saturated carbocycles. The summed E-state index contributed by atoms with van der Waals surface area (Å²) < 4.78 is 12.2. The number of hydrogen-bond acceptors (Lipinski definition) is 5. The highest BCUT2D eigenvalue weighted by molar-refractivity contribution is 5.92. The Bertz CT molecular complexity index is 427. The molecule has 0 atom stereocenters. The van der Waals surface area contributed by atoms with Crippen molar-refractivity contribution >= 4 is 11.8 Å². The molecule has 1 aliphatic carbocycles. The molecular weight excluding hydrogens is 246 g/mol. The summed E-state index contributed by atoms with van der Waals surface area (Å²) in [6.07, 6.45) is 5.03. The molecule has 2 N–H and O–H groups in total. The van der Waals surface area contributed by atoms with Crippen LogP contribution in [0.15, 0.2) is 6.33 Å². The summed E-state index contributed by atoms with van der Waals surface area (Å²) in [5.41, 5.74) is 6.06. The number of hydrogen-bond donors (Lipinski definition) is 1. The average molecular weight is 267 g/mol. The SMILES string of the molecule is CCOC(=O)c1ncn(CCCOCC2CC2)c1N. The van der Waals surface area contributed by atoms with Gasteiger partial charge in [-0.15, -0.1) is 0 Å². The lowest BCUT2D eigenvalue weighted by Gasteiger charge is -2.06. The number of carbonyl (C=O) groups excluding carboxylic acids is 1. The maximum atomic E-state index is 11.5. The van der Waals surface area contributed by atoms with E-state index in [1.807, 2.05) is 0 Å². The molecule has 0 bridgehead atoms. The number of nitrogen functional groups attached to an aromatic ring is 1. The monoisotopic (exact) mass is 267 g/mol. The molecule has 6 nitrogen and oxygen atoms in total. The molecule has 0 aromatic carbocycles. The maximum absolute atomic E-state index is 11.5. The molecule has 0 unspecified atom stereocenters. The number of anilines is 1. The highest BCUT2D eigenvalue weighted by atomic mass is 16.5. The van der Waals surface area contributed by atoms with Crippen LogP contribution in [0.25, 0.3) is 0 Å². The molecule has 1 aromatic heterocycles. The van der Waals surface area contributed by atoms with Crippen LogP contribution in [-0.2, 0) is 16.0 Å². The molecule has 0 saturated heterocycles. The zero-order valence-electron chi connectivity index (χ0n) is 11.3. The second kappa shape index (κ2) is 6.56. The number of rotatable bonds is 8. The zero-order valence-corrected chi connectivity index (χ0v) is 11.3. The Labute approximate surface area is 112 Å². The van der Waals surface area contributed by atoms with E-state index in [2.05, 4.69) is 4.98 Å². The topological polar surface area (TPSA) is 79.4 Å². The molecular formula is C13H21N3O3. The Morgan fingerprint density at radius 2 is 2.37 bits per heavy atom. The Hall–Kier alpha value is -1.56. The van der Waals surface area contributed by atoms with Gasteiger partial charge in [-0.2, -0.15) is 0 Å². The van der Waals surface area contributed by atoms with Gasteiger partial charge in [0.2, 0.25) is 0 Å². The number of aromatic nitrogens is 2. The predicted octanol–water partition coefficient (Wildman–Crippen LogP) is 1.46. The number of nitrogens with zero attached hydrogens (tertiary/aromatic N) is 2. The molecule has 2 rings (SSSR count). The van der Waals surface area contributed by atoms with E-state index in [4.69, 9.17) is 15.2 Å². The third kappa shape index (κ3) is 3.96.